The minimum atomic E-state index is -5.91. The number of anilines is 1. The molecule has 0 spiro atoms. The highest BCUT2D eigenvalue weighted by atomic mass is 19.4. The van der Waals surface area contributed by atoms with E-state index in [4.69, 9.17) is 11.7 Å². The van der Waals surface area contributed by atoms with E-state index >= 15 is 0 Å². The summed E-state index contributed by atoms with van der Waals surface area (Å²) in [6.07, 6.45) is -10.2. The first-order valence-corrected chi connectivity index (χ1v) is 7.01. The number of nitrogens with two attached hydrogens (primary N) is 2. The van der Waals surface area contributed by atoms with Crippen molar-refractivity contribution >= 4 is 5.95 Å². The zero-order valence-corrected chi connectivity index (χ0v) is 13.7. The molecule has 2 aromatic rings. The number of hydrazine groups is 1. The molecule has 0 saturated heterocycles. The van der Waals surface area contributed by atoms with Gasteiger partial charge in [0.25, 0.3) is 5.56 Å². The molecule has 2 aromatic heterocycles. The normalized spacial score (nSPS) is 13.1. The van der Waals surface area contributed by atoms with Gasteiger partial charge < -0.3 is 5.84 Å². The summed E-state index contributed by atoms with van der Waals surface area (Å²) >= 11 is 0. The number of alkyl halides is 8. The molecule has 0 unspecified atom stereocenters. The summed E-state index contributed by atoms with van der Waals surface area (Å²) in [7, 11) is 1.04. The van der Waals surface area contributed by atoms with Crippen molar-refractivity contribution in [2.75, 3.05) is 17.9 Å². The van der Waals surface area contributed by atoms with Crippen LogP contribution in [0.2, 0.25) is 0 Å². The summed E-state index contributed by atoms with van der Waals surface area (Å²) in [6, 6.07) is 0. The third-order valence-corrected chi connectivity index (χ3v) is 3.38. The molecular formula is C12H11F8N7O. The molecule has 4 N–H and O–H groups in total. The van der Waals surface area contributed by atoms with Crippen LogP contribution < -0.4 is 22.3 Å². The van der Waals surface area contributed by atoms with Gasteiger partial charge in [0.05, 0.1) is 11.8 Å². The fraction of sp³-hybridized carbons (Fsp3) is 0.417. The van der Waals surface area contributed by atoms with Crippen LogP contribution in [0.3, 0.4) is 0 Å². The molecule has 0 saturated carbocycles. The summed E-state index contributed by atoms with van der Waals surface area (Å²) in [4.78, 5) is 15.4. The van der Waals surface area contributed by atoms with Crippen molar-refractivity contribution in [1.29, 1.82) is 0 Å². The lowest BCUT2D eigenvalue weighted by atomic mass is 10.1. The Hall–Kier alpha value is -2.91. The zero-order chi connectivity index (χ0) is 21.7. The maximum atomic E-state index is 13.3. The Bertz CT molecular complexity index is 928. The summed E-state index contributed by atoms with van der Waals surface area (Å²) in [5.41, 5.74) is -5.15. The van der Waals surface area contributed by atoms with E-state index in [1.54, 1.807) is 0 Å². The zero-order valence-electron chi connectivity index (χ0n) is 13.7. The van der Waals surface area contributed by atoms with Gasteiger partial charge in [-0.25, -0.2) is 10.8 Å². The molecule has 28 heavy (non-hydrogen) atoms. The first kappa shape index (κ1) is 21.4. The standard InChI is InChI=1S/C12H11F8N7O/c1-25(21)9-24-7(11(15,16)17)6(8(28)27(9)22)5-2-23-26(3-5)4-10(13,14)12(18,19)20/h2-3H,4,21-22H2,1H3. The molecule has 0 amide bonds. The predicted octanol–water partition coefficient (Wildman–Crippen LogP) is 1.35. The van der Waals surface area contributed by atoms with E-state index in [0.717, 1.165) is 7.05 Å². The lowest BCUT2D eigenvalue weighted by molar-refractivity contribution is -0.287. The molecule has 0 aliphatic rings. The first-order valence-electron chi connectivity index (χ1n) is 7.01. The highest BCUT2D eigenvalue weighted by Crippen LogP contribution is 2.37. The third kappa shape index (κ3) is 3.85. The lowest BCUT2D eigenvalue weighted by Crippen LogP contribution is -2.40. The summed E-state index contributed by atoms with van der Waals surface area (Å²) in [5.74, 6) is 4.62. The quantitative estimate of drug-likeness (QED) is 0.439. The van der Waals surface area contributed by atoms with Crippen molar-refractivity contribution in [3.8, 4) is 11.1 Å². The molecule has 0 fully saturated rings. The van der Waals surface area contributed by atoms with Gasteiger partial charge >= 0.3 is 18.3 Å². The number of nitrogens with zero attached hydrogens (tertiary/aromatic N) is 5. The molecule has 0 aliphatic heterocycles. The van der Waals surface area contributed by atoms with Crippen LogP contribution in [0.4, 0.5) is 41.1 Å². The minimum Gasteiger partial charge on any atom is -0.333 e. The molecule has 0 bridgehead atoms. The fourth-order valence-electron chi connectivity index (χ4n) is 2.11. The van der Waals surface area contributed by atoms with E-state index in [1.807, 2.05) is 0 Å². The molecular weight excluding hydrogens is 410 g/mol. The van der Waals surface area contributed by atoms with Crippen LogP contribution in [0.25, 0.3) is 11.1 Å². The van der Waals surface area contributed by atoms with Crippen molar-refractivity contribution in [1.82, 2.24) is 19.4 Å². The number of rotatable bonds is 4. The molecule has 0 aliphatic carbocycles. The second-order valence-electron chi connectivity index (χ2n) is 5.55. The third-order valence-electron chi connectivity index (χ3n) is 3.38. The van der Waals surface area contributed by atoms with Gasteiger partial charge in [-0.3, -0.25) is 14.5 Å². The van der Waals surface area contributed by atoms with Crippen molar-refractivity contribution in [2.24, 2.45) is 5.84 Å². The molecule has 156 valence electrons. The Morgan fingerprint density at radius 1 is 1.14 bits per heavy atom. The van der Waals surface area contributed by atoms with Crippen LogP contribution in [0, 0.1) is 0 Å². The maximum Gasteiger partial charge on any atom is 0.455 e. The molecule has 0 aromatic carbocycles. The van der Waals surface area contributed by atoms with Gasteiger partial charge in [-0.1, -0.05) is 0 Å². The van der Waals surface area contributed by atoms with Crippen LogP contribution in [0.5, 0.6) is 0 Å². The Morgan fingerprint density at radius 3 is 2.18 bits per heavy atom. The maximum absolute atomic E-state index is 13.3. The van der Waals surface area contributed by atoms with E-state index < -0.39 is 53.1 Å². The van der Waals surface area contributed by atoms with Crippen molar-refractivity contribution < 1.29 is 35.1 Å². The Kier molecular flexibility index (Phi) is 5.05. The highest BCUT2D eigenvalue weighted by molar-refractivity contribution is 5.65. The molecule has 2 heterocycles. The van der Waals surface area contributed by atoms with Gasteiger partial charge in [0.1, 0.15) is 6.54 Å². The number of halogens is 8. The average Bonchev–Trinajstić information content (AvgIpc) is 2.94. The fourth-order valence-corrected chi connectivity index (χ4v) is 2.11. The van der Waals surface area contributed by atoms with Crippen molar-refractivity contribution in [3.05, 3.63) is 28.4 Å². The van der Waals surface area contributed by atoms with E-state index in [2.05, 4.69) is 10.1 Å². The molecule has 2 rings (SSSR count). The Morgan fingerprint density at radius 2 is 1.71 bits per heavy atom. The second-order valence-corrected chi connectivity index (χ2v) is 5.55. The van der Waals surface area contributed by atoms with Gasteiger partial charge in [-0.05, 0) is 0 Å². The monoisotopic (exact) mass is 421 g/mol. The average molecular weight is 421 g/mol. The minimum absolute atomic E-state index is 0.0479. The van der Waals surface area contributed by atoms with E-state index in [9.17, 15) is 39.9 Å². The SMILES string of the molecule is CN(N)c1nc(C(F)(F)F)c(-c2cnn(CC(F)(F)C(F)(F)F)c2)c(=O)n1N. The molecule has 8 nitrogen and oxygen atoms in total. The van der Waals surface area contributed by atoms with Crippen LogP contribution in [-0.2, 0) is 12.7 Å². The second kappa shape index (κ2) is 6.61. The van der Waals surface area contributed by atoms with Gasteiger partial charge in [0, 0.05) is 18.8 Å². The Balaban J connectivity index is 2.62. The van der Waals surface area contributed by atoms with Crippen LogP contribution in [0.1, 0.15) is 5.69 Å². The highest BCUT2D eigenvalue weighted by Gasteiger charge is 2.57. The summed E-state index contributed by atoms with van der Waals surface area (Å²) < 4.78 is 103. The molecule has 0 radical (unpaired) electrons. The number of hydrogen-bond acceptors (Lipinski definition) is 6. The molecule has 0 atom stereocenters. The van der Waals surface area contributed by atoms with Crippen LogP contribution >= 0.6 is 0 Å². The predicted molar refractivity (Wildman–Crippen MR) is 78.5 cm³/mol. The van der Waals surface area contributed by atoms with Crippen molar-refractivity contribution in [2.45, 2.75) is 24.8 Å². The topological polar surface area (TPSA) is 108 Å². The van der Waals surface area contributed by atoms with Crippen molar-refractivity contribution in [3.63, 3.8) is 0 Å². The van der Waals surface area contributed by atoms with E-state index in [0.29, 0.717) is 17.4 Å². The van der Waals surface area contributed by atoms with Gasteiger partial charge in [0.2, 0.25) is 5.95 Å². The van der Waals surface area contributed by atoms with E-state index in [-0.39, 0.29) is 9.36 Å². The van der Waals surface area contributed by atoms with Crippen LogP contribution in [0.15, 0.2) is 17.2 Å². The number of hydrogen-bond donors (Lipinski definition) is 2. The number of nitrogen functional groups attached to an aromatic ring is 1. The van der Waals surface area contributed by atoms with Gasteiger partial charge in [-0.2, -0.15) is 44.9 Å². The largest absolute Gasteiger partial charge is 0.455 e. The van der Waals surface area contributed by atoms with Crippen LogP contribution in [-0.4, -0.2) is 38.6 Å². The first-order chi connectivity index (χ1) is 12.6. The summed E-state index contributed by atoms with van der Waals surface area (Å²) in [6.45, 7) is -2.01. The smallest absolute Gasteiger partial charge is 0.333 e. The summed E-state index contributed by atoms with van der Waals surface area (Å²) in [5, 5.41) is 3.68. The van der Waals surface area contributed by atoms with E-state index in [1.165, 1.54) is 0 Å². The number of aromatic nitrogens is 4. The van der Waals surface area contributed by atoms with Gasteiger partial charge in [-0.15, -0.1) is 0 Å². The van der Waals surface area contributed by atoms with Gasteiger partial charge in [0.15, 0.2) is 5.69 Å². The Labute approximate surface area is 149 Å². The lowest BCUT2D eigenvalue weighted by Gasteiger charge is -2.19. The molecule has 16 heteroatoms.